The molecule has 0 saturated carbocycles. The molecule has 0 unspecified atom stereocenters. The van der Waals surface area contributed by atoms with E-state index in [2.05, 4.69) is 0 Å². The van der Waals surface area contributed by atoms with Crippen LogP contribution in [-0.2, 0) is 0 Å². The highest BCUT2D eigenvalue weighted by Crippen LogP contribution is 2.04. The van der Waals surface area contributed by atoms with Crippen LogP contribution >= 0.6 is 0 Å². The minimum absolute atomic E-state index is 0.403. The van der Waals surface area contributed by atoms with Crippen molar-refractivity contribution >= 4 is 0 Å². The van der Waals surface area contributed by atoms with E-state index >= 15 is 0 Å². The summed E-state index contributed by atoms with van der Waals surface area (Å²) in [5, 5.41) is 77.2. The molecule has 4 atom stereocenters. The van der Waals surface area contributed by atoms with Gasteiger partial charge in [0.25, 0.3) is 0 Å². The molecule has 0 aromatic heterocycles. The van der Waals surface area contributed by atoms with E-state index in [0.29, 0.717) is 0 Å². The summed E-state index contributed by atoms with van der Waals surface area (Å²) in [6, 6.07) is 0. The van der Waals surface area contributed by atoms with Crippen molar-refractivity contribution in [1.82, 2.24) is 0 Å². The molecule has 20 heavy (non-hydrogen) atoms. The zero-order valence-corrected chi connectivity index (χ0v) is 10.9. The molecule has 0 aromatic carbocycles. The van der Waals surface area contributed by atoms with Crippen molar-refractivity contribution in [2.45, 2.75) is 30.0 Å². The zero-order valence-electron chi connectivity index (χ0n) is 10.9. The van der Waals surface area contributed by atoms with Crippen LogP contribution < -0.4 is 5.73 Å². The van der Waals surface area contributed by atoms with E-state index in [1.165, 1.54) is 0 Å². The average Bonchev–Trinajstić information content (AvgIpc) is 2.51. The number of aliphatic hydroxyl groups excluding tert-OH is 9. The van der Waals surface area contributed by atoms with Crippen LogP contribution in [0.5, 0.6) is 0 Å². The zero-order chi connectivity index (χ0) is 16.3. The van der Waals surface area contributed by atoms with Gasteiger partial charge in [0.1, 0.15) is 24.4 Å². The highest BCUT2D eigenvalue weighted by atomic mass is 16.4. The fourth-order valence-corrected chi connectivity index (χ4v) is 0.821. The molecular weight excluding hydrogens is 278 g/mol. The van der Waals surface area contributed by atoms with Crippen molar-refractivity contribution in [1.29, 1.82) is 0 Å². The largest absolute Gasteiger partial charge is 0.394 e. The molecule has 0 aliphatic carbocycles. The third-order valence-electron chi connectivity index (χ3n) is 2.46. The molecule has 0 amide bonds. The Morgan fingerprint density at radius 1 is 0.650 bits per heavy atom. The third-order valence-corrected chi connectivity index (χ3v) is 2.46. The van der Waals surface area contributed by atoms with Gasteiger partial charge in [0, 0.05) is 0 Å². The van der Waals surface area contributed by atoms with Crippen LogP contribution in [0, 0.1) is 0 Å². The standard InChI is InChI=1S/C6H14O6.C4H11NO3/c7-1-3(9)5(11)6(12)4(10)2-8;5-4(1-6,2-7)3-8/h3-12H,1-2H2;6-8H,1-3,5H2/t3-,4-,5-,6-;/m1./s1. The summed E-state index contributed by atoms with van der Waals surface area (Å²) < 4.78 is 0. The number of aliphatic hydroxyl groups is 9. The summed E-state index contributed by atoms with van der Waals surface area (Å²) in [5.41, 5.74) is 3.94. The summed E-state index contributed by atoms with van der Waals surface area (Å²) in [5.74, 6) is 0. The molecule has 10 nitrogen and oxygen atoms in total. The first kappa shape index (κ1) is 21.9. The highest BCUT2D eigenvalue weighted by Gasteiger charge is 2.29. The van der Waals surface area contributed by atoms with E-state index in [9.17, 15) is 0 Å². The van der Waals surface area contributed by atoms with Gasteiger partial charge in [-0.2, -0.15) is 0 Å². The van der Waals surface area contributed by atoms with E-state index in [0.717, 1.165) is 0 Å². The molecule has 0 radical (unpaired) electrons. The molecule has 0 aliphatic rings. The summed E-state index contributed by atoms with van der Waals surface area (Å²) >= 11 is 0. The van der Waals surface area contributed by atoms with E-state index in [1.54, 1.807) is 0 Å². The van der Waals surface area contributed by atoms with Crippen molar-refractivity contribution in [3.05, 3.63) is 0 Å². The number of hydrogen-bond acceptors (Lipinski definition) is 10. The van der Waals surface area contributed by atoms with Gasteiger partial charge in [-0.25, -0.2) is 0 Å². The van der Waals surface area contributed by atoms with Crippen LogP contribution in [0.1, 0.15) is 0 Å². The third kappa shape index (κ3) is 8.01. The van der Waals surface area contributed by atoms with Gasteiger partial charge >= 0.3 is 0 Å². The Hall–Kier alpha value is -0.400. The quantitative estimate of drug-likeness (QED) is 0.205. The van der Waals surface area contributed by atoms with Crippen LogP contribution in [0.4, 0.5) is 0 Å². The Kier molecular flexibility index (Phi) is 12.3. The molecular formula is C10H25NO9. The van der Waals surface area contributed by atoms with Gasteiger partial charge in [0.05, 0.1) is 38.6 Å². The summed E-state index contributed by atoms with van der Waals surface area (Å²) in [6.45, 7) is -2.66. The monoisotopic (exact) mass is 303 g/mol. The van der Waals surface area contributed by atoms with Crippen molar-refractivity contribution in [3.8, 4) is 0 Å². The van der Waals surface area contributed by atoms with Gasteiger partial charge in [0.15, 0.2) is 0 Å². The second kappa shape index (κ2) is 11.3. The maximum absolute atomic E-state index is 8.96. The van der Waals surface area contributed by atoms with Crippen LogP contribution in [0.3, 0.4) is 0 Å². The second-order valence-electron chi connectivity index (χ2n) is 4.32. The molecule has 0 saturated heterocycles. The minimum atomic E-state index is -1.67. The summed E-state index contributed by atoms with van der Waals surface area (Å²) in [7, 11) is 0. The van der Waals surface area contributed by atoms with Crippen LogP contribution in [0.15, 0.2) is 0 Å². The summed E-state index contributed by atoms with van der Waals surface area (Å²) in [6.07, 6.45) is -6.39. The number of nitrogens with two attached hydrogens (primary N) is 1. The van der Waals surface area contributed by atoms with Crippen molar-refractivity contribution in [2.24, 2.45) is 5.73 Å². The van der Waals surface area contributed by atoms with Crippen LogP contribution in [-0.4, -0.2) is 109 Å². The first-order chi connectivity index (χ1) is 9.22. The average molecular weight is 303 g/mol. The molecule has 124 valence electrons. The number of hydrogen-bond donors (Lipinski definition) is 10. The van der Waals surface area contributed by atoms with Gasteiger partial charge in [0.2, 0.25) is 0 Å². The molecule has 0 aliphatic heterocycles. The Bertz CT molecular complexity index is 205. The normalized spacial score (nSPS) is 17.7. The van der Waals surface area contributed by atoms with Crippen LogP contribution in [0.2, 0.25) is 0 Å². The smallest absolute Gasteiger partial charge is 0.111 e. The predicted octanol–water partition coefficient (Wildman–Crippen LogP) is -5.92. The Labute approximate surface area is 116 Å². The lowest BCUT2D eigenvalue weighted by Crippen LogP contribution is -2.50. The topological polar surface area (TPSA) is 208 Å². The lowest BCUT2D eigenvalue weighted by Gasteiger charge is -2.24. The molecule has 0 fully saturated rings. The second-order valence-corrected chi connectivity index (χ2v) is 4.32. The van der Waals surface area contributed by atoms with Gasteiger partial charge in [-0.05, 0) is 0 Å². The maximum atomic E-state index is 8.96. The summed E-state index contributed by atoms with van der Waals surface area (Å²) in [4.78, 5) is 0. The van der Waals surface area contributed by atoms with Crippen LogP contribution in [0.25, 0.3) is 0 Å². The molecule has 0 bridgehead atoms. The molecule has 0 spiro atoms. The Morgan fingerprint density at radius 3 is 1.00 bits per heavy atom. The maximum Gasteiger partial charge on any atom is 0.111 e. The molecule has 0 aromatic rings. The van der Waals surface area contributed by atoms with E-state index < -0.39 is 63.0 Å². The lowest BCUT2D eigenvalue weighted by molar-refractivity contribution is -0.123. The van der Waals surface area contributed by atoms with E-state index in [1.807, 2.05) is 0 Å². The van der Waals surface area contributed by atoms with Gasteiger partial charge in [-0.15, -0.1) is 0 Å². The van der Waals surface area contributed by atoms with Gasteiger partial charge in [-0.3, -0.25) is 0 Å². The van der Waals surface area contributed by atoms with Crippen molar-refractivity contribution < 1.29 is 46.0 Å². The van der Waals surface area contributed by atoms with Crippen molar-refractivity contribution in [2.75, 3.05) is 33.0 Å². The lowest BCUT2D eigenvalue weighted by atomic mass is 10.0. The molecule has 0 heterocycles. The Morgan fingerprint density at radius 2 is 0.900 bits per heavy atom. The first-order valence-electron chi connectivity index (χ1n) is 5.78. The predicted molar refractivity (Wildman–Crippen MR) is 66.4 cm³/mol. The fourth-order valence-electron chi connectivity index (χ4n) is 0.821. The van der Waals surface area contributed by atoms with Crippen molar-refractivity contribution in [3.63, 3.8) is 0 Å². The van der Waals surface area contributed by atoms with Gasteiger partial charge in [-0.1, -0.05) is 0 Å². The number of rotatable bonds is 8. The SMILES string of the molecule is NC(CO)(CO)CO.OC[C@@H](O)[C@@H](O)[C@H](O)[C@H](O)CO. The molecule has 10 heteroatoms. The molecule has 0 rings (SSSR count). The highest BCUT2D eigenvalue weighted by molar-refractivity contribution is 4.80. The van der Waals surface area contributed by atoms with E-state index in [4.69, 9.17) is 51.7 Å². The Balaban J connectivity index is 0. The molecule has 11 N–H and O–H groups in total. The van der Waals surface area contributed by atoms with Gasteiger partial charge < -0.3 is 51.7 Å². The van der Waals surface area contributed by atoms with E-state index in [-0.39, 0.29) is 0 Å². The minimum Gasteiger partial charge on any atom is -0.394 e. The first-order valence-corrected chi connectivity index (χ1v) is 5.78. The fraction of sp³-hybridized carbons (Fsp3) is 1.00.